The van der Waals surface area contributed by atoms with Crippen molar-refractivity contribution < 1.29 is 18.3 Å². The number of hydrogen-bond acceptors (Lipinski definition) is 1. The Bertz CT molecular complexity index is 177. The highest BCUT2D eigenvalue weighted by Crippen LogP contribution is 2.31. The summed E-state index contributed by atoms with van der Waals surface area (Å²) in [6.45, 7) is 1.92. The highest BCUT2D eigenvalue weighted by molar-refractivity contribution is 14.1. The van der Waals surface area contributed by atoms with E-state index in [0.29, 0.717) is 6.42 Å². The first-order chi connectivity index (χ1) is 5.88. The molecule has 0 aliphatic rings. The predicted molar refractivity (Wildman–Crippen MR) is 53.7 cm³/mol. The van der Waals surface area contributed by atoms with Gasteiger partial charge in [-0.05, 0) is 35.1 Å². The van der Waals surface area contributed by atoms with Gasteiger partial charge in [-0.3, -0.25) is 0 Å². The summed E-state index contributed by atoms with van der Waals surface area (Å²) in [6, 6.07) is 0. The van der Waals surface area contributed by atoms with Crippen LogP contribution >= 0.6 is 22.6 Å². The number of unbranched alkanes of at least 4 members (excludes halogenated alkanes) is 1. The maximum atomic E-state index is 11.9. The fourth-order valence-corrected chi connectivity index (χ4v) is 1.18. The molecule has 0 rings (SSSR count). The minimum Gasteiger partial charge on any atom is -0.389 e. The molecule has 0 aromatic rings. The van der Waals surface area contributed by atoms with Crippen LogP contribution < -0.4 is 0 Å². The SMILES string of the molecule is CCCCC(O)/C=C(\I)C(F)(F)F. The van der Waals surface area contributed by atoms with Gasteiger partial charge in [0.15, 0.2) is 0 Å². The monoisotopic (exact) mass is 308 g/mol. The average Bonchev–Trinajstić information content (AvgIpc) is 1.99. The average molecular weight is 308 g/mol. The molecule has 1 atom stereocenters. The lowest BCUT2D eigenvalue weighted by atomic mass is 10.1. The van der Waals surface area contributed by atoms with Gasteiger partial charge in [0.05, 0.1) is 9.68 Å². The summed E-state index contributed by atoms with van der Waals surface area (Å²) in [5, 5.41) is 9.13. The summed E-state index contributed by atoms with van der Waals surface area (Å²) in [4.78, 5) is 0. The zero-order chi connectivity index (χ0) is 10.5. The van der Waals surface area contributed by atoms with Gasteiger partial charge in [0.25, 0.3) is 0 Å². The molecule has 0 radical (unpaired) electrons. The Morgan fingerprint density at radius 2 is 2.08 bits per heavy atom. The predicted octanol–water partition coefficient (Wildman–Crippen LogP) is 3.42. The summed E-state index contributed by atoms with van der Waals surface area (Å²) in [5.41, 5.74) is 0. The molecule has 0 aliphatic heterocycles. The van der Waals surface area contributed by atoms with Crippen molar-refractivity contribution in [3.05, 3.63) is 9.66 Å². The molecular weight excluding hydrogens is 296 g/mol. The zero-order valence-corrected chi connectivity index (χ0v) is 9.39. The van der Waals surface area contributed by atoms with Crippen LogP contribution in [0.4, 0.5) is 13.2 Å². The van der Waals surface area contributed by atoms with Crippen LogP contribution in [-0.4, -0.2) is 17.4 Å². The van der Waals surface area contributed by atoms with E-state index in [1.807, 2.05) is 6.92 Å². The Labute approximate surface area is 89.2 Å². The van der Waals surface area contributed by atoms with Crippen molar-refractivity contribution in [2.75, 3.05) is 0 Å². The van der Waals surface area contributed by atoms with Crippen LogP contribution in [0.5, 0.6) is 0 Å². The molecule has 1 unspecified atom stereocenters. The topological polar surface area (TPSA) is 20.2 Å². The Kier molecular flexibility index (Phi) is 5.95. The van der Waals surface area contributed by atoms with E-state index in [9.17, 15) is 13.2 Å². The summed E-state index contributed by atoms with van der Waals surface area (Å²) in [6.07, 6.45) is -2.45. The fraction of sp³-hybridized carbons (Fsp3) is 0.750. The van der Waals surface area contributed by atoms with E-state index in [0.717, 1.165) is 18.9 Å². The maximum Gasteiger partial charge on any atom is 0.421 e. The zero-order valence-electron chi connectivity index (χ0n) is 7.24. The molecule has 0 fully saturated rings. The van der Waals surface area contributed by atoms with Gasteiger partial charge in [0.1, 0.15) is 0 Å². The molecule has 0 heterocycles. The van der Waals surface area contributed by atoms with Gasteiger partial charge >= 0.3 is 6.18 Å². The summed E-state index contributed by atoms with van der Waals surface area (Å²) in [7, 11) is 0. The number of alkyl halides is 3. The molecule has 0 saturated heterocycles. The van der Waals surface area contributed by atoms with E-state index in [-0.39, 0.29) is 0 Å². The second kappa shape index (κ2) is 5.85. The largest absolute Gasteiger partial charge is 0.421 e. The molecular formula is C8H12F3IO. The molecule has 0 aromatic heterocycles. The van der Waals surface area contributed by atoms with Gasteiger partial charge in [0, 0.05) is 0 Å². The first-order valence-electron chi connectivity index (χ1n) is 4.00. The van der Waals surface area contributed by atoms with Gasteiger partial charge < -0.3 is 5.11 Å². The van der Waals surface area contributed by atoms with E-state index >= 15 is 0 Å². The van der Waals surface area contributed by atoms with E-state index in [1.165, 1.54) is 22.6 Å². The number of allylic oxidation sites excluding steroid dienone is 1. The van der Waals surface area contributed by atoms with Crippen molar-refractivity contribution in [2.45, 2.75) is 38.5 Å². The van der Waals surface area contributed by atoms with Gasteiger partial charge in [-0.15, -0.1) is 0 Å². The lowest BCUT2D eigenvalue weighted by Crippen LogP contribution is -2.11. The Hall–Kier alpha value is 0.220. The van der Waals surface area contributed by atoms with Crippen LogP contribution in [-0.2, 0) is 0 Å². The van der Waals surface area contributed by atoms with Crippen LogP contribution in [0.25, 0.3) is 0 Å². The molecule has 0 bridgehead atoms. The number of aliphatic hydroxyl groups excluding tert-OH is 1. The molecule has 1 N–H and O–H groups in total. The summed E-state index contributed by atoms with van der Waals surface area (Å²) >= 11 is 1.19. The molecule has 0 saturated carbocycles. The van der Waals surface area contributed by atoms with E-state index in [1.54, 1.807) is 0 Å². The van der Waals surface area contributed by atoms with E-state index < -0.39 is 15.9 Å². The number of hydrogen-bond donors (Lipinski definition) is 1. The van der Waals surface area contributed by atoms with Crippen molar-refractivity contribution in [1.29, 1.82) is 0 Å². The van der Waals surface area contributed by atoms with E-state index in [4.69, 9.17) is 5.11 Å². The maximum absolute atomic E-state index is 11.9. The standard InChI is InChI=1S/C8H12F3IO/c1-2-3-4-6(13)5-7(12)8(9,10)11/h5-6,13H,2-4H2,1H3/b7-5-. The quantitative estimate of drug-likeness (QED) is 0.789. The third kappa shape index (κ3) is 6.31. The van der Waals surface area contributed by atoms with Crippen molar-refractivity contribution in [3.8, 4) is 0 Å². The first-order valence-corrected chi connectivity index (χ1v) is 5.08. The van der Waals surface area contributed by atoms with Crippen LogP contribution in [0.1, 0.15) is 26.2 Å². The molecule has 13 heavy (non-hydrogen) atoms. The van der Waals surface area contributed by atoms with Crippen molar-refractivity contribution in [2.24, 2.45) is 0 Å². The Balaban J connectivity index is 4.06. The van der Waals surface area contributed by atoms with Crippen LogP contribution in [0.2, 0.25) is 0 Å². The molecule has 0 spiro atoms. The van der Waals surface area contributed by atoms with Crippen LogP contribution in [0.3, 0.4) is 0 Å². The lowest BCUT2D eigenvalue weighted by molar-refractivity contribution is -0.0825. The third-order valence-corrected chi connectivity index (χ3v) is 2.43. The molecule has 78 valence electrons. The Morgan fingerprint density at radius 3 is 2.46 bits per heavy atom. The fourth-order valence-electron chi connectivity index (χ4n) is 0.760. The van der Waals surface area contributed by atoms with E-state index in [2.05, 4.69) is 0 Å². The number of halogens is 4. The van der Waals surface area contributed by atoms with Gasteiger partial charge in [-0.1, -0.05) is 19.8 Å². The smallest absolute Gasteiger partial charge is 0.389 e. The minimum atomic E-state index is -4.33. The number of aliphatic hydroxyl groups is 1. The molecule has 5 heteroatoms. The van der Waals surface area contributed by atoms with Gasteiger partial charge in [-0.2, -0.15) is 13.2 Å². The molecule has 0 aromatic carbocycles. The molecule has 0 aliphatic carbocycles. The minimum absolute atomic E-state index is 0.388. The van der Waals surface area contributed by atoms with Gasteiger partial charge in [0.2, 0.25) is 0 Å². The number of rotatable bonds is 4. The second-order valence-corrected chi connectivity index (χ2v) is 3.88. The van der Waals surface area contributed by atoms with Gasteiger partial charge in [-0.25, -0.2) is 0 Å². The second-order valence-electron chi connectivity index (χ2n) is 2.72. The van der Waals surface area contributed by atoms with Crippen molar-refractivity contribution in [1.82, 2.24) is 0 Å². The van der Waals surface area contributed by atoms with Crippen LogP contribution in [0, 0.1) is 0 Å². The normalized spacial score (nSPS) is 16.0. The summed E-state index contributed by atoms with van der Waals surface area (Å²) in [5.74, 6) is 0. The molecule has 1 nitrogen and oxygen atoms in total. The lowest BCUT2D eigenvalue weighted by Gasteiger charge is -2.08. The first kappa shape index (κ1) is 13.2. The third-order valence-electron chi connectivity index (χ3n) is 1.46. The summed E-state index contributed by atoms with van der Waals surface area (Å²) < 4.78 is 35.1. The van der Waals surface area contributed by atoms with Crippen LogP contribution in [0.15, 0.2) is 9.66 Å². The molecule has 0 amide bonds. The highest BCUT2D eigenvalue weighted by atomic mass is 127. The Morgan fingerprint density at radius 1 is 1.54 bits per heavy atom. The highest BCUT2D eigenvalue weighted by Gasteiger charge is 2.31. The van der Waals surface area contributed by atoms with Crippen molar-refractivity contribution in [3.63, 3.8) is 0 Å². The van der Waals surface area contributed by atoms with Crippen molar-refractivity contribution >= 4 is 22.6 Å².